The van der Waals surface area contributed by atoms with Crippen LogP contribution in [0.15, 0.2) is 85.0 Å². The molecular formula is C27H22F2O4. The highest BCUT2D eigenvalue weighted by atomic mass is 19.1. The van der Waals surface area contributed by atoms with E-state index in [4.69, 9.17) is 9.47 Å². The van der Waals surface area contributed by atoms with Gasteiger partial charge in [-0.05, 0) is 66.9 Å². The molecule has 0 aromatic heterocycles. The fraction of sp³-hybridized carbons (Fsp3) is 0.111. The van der Waals surface area contributed by atoms with Gasteiger partial charge in [-0.1, -0.05) is 37.4 Å². The number of halogens is 2. The van der Waals surface area contributed by atoms with Crippen LogP contribution in [0.4, 0.5) is 8.78 Å². The molecule has 33 heavy (non-hydrogen) atoms. The van der Waals surface area contributed by atoms with Gasteiger partial charge in [-0.15, -0.1) is 0 Å². The number of esters is 2. The largest absolute Gasteiger partial charge is 0.423 e. The van der Waals surface area contributed by atoms with Crippen LogP contribution in [0, 0.1) is 11.6 Å². The number of carbonyl (C=O) groups excluding carboxylic acids is 2. The average Bonchev–Trinajstić information content (AvgIpc) is 2.77. The summed E-state index contributed by atoms with van der Waals surface area (Å²) in [6.45, 7) is 10.1. The standard InChI is InChI=1S/C27H22F2O4/c1-16(2)26(30)32-21-9-5-18(6-10-21)13-23-24(28)14-20(15-25(23)29)19-7-11-22(12-8-19)33-27(31)17(3)4/h5-12,14-15H,1,3,13H2,2,4H3. The Labute approximate surface area is 190 Å². The number of benzene rings is 3. The molecule has 0 aliphatic rings. The maximum Gasteiger partial charge on any atom is 0.338 e. The van der Waals surface area contributed by atoms with Crippen molar-refractivity contribution in [3.05, 3.63) is 108 Å². The Kier molecular flexibility index (Phi) is 7.18. The number of hydrogen-bond acceptors (Lipinski definition) is 4. The van der Waals surface area contributed by atoms with E-state index in [-0.39, 0.29) is 23.1 Å². The van der Waals surface area contributed by atoms with Gasteiger partial charge in [0.2, 0.25) is 0 Å². The molecule has 0 saturated carbocycles. The molecule has 3 aromatic rings. The van der Waals surface area contributed by atoms with Crippen LogP contribution in [0.1, 0.15) is 25.0 Å². The number of ether oxygens (including phenoxy) is 2. The molecule has 0 amide bonds. The van der Waals surface area contributed by atoms with Gasteiger partial charge in [-0.3, -0.25) is 0 Å². The Morgan fingerprint density at radius 1 is 0.727 bits per heavy atom. The second-order valence-corrected chi connectivity index (χ2v) is 7.60. The van der Waals surface area contributed by atoms with E-state index in [1.165, 1.54) is 19.1 Å². The van der Waals surface area contributed by atoms with Crippen molar-refractivity contribution in [1.29, 1.82) is 0 Å². The predicted octanol–water partition coefficient (Wildman–Crippen LogP) is 6.19. The van der Waals surface area contributed by atoms with Crippen molar-refractivity contribution in [2.24, 2.45) is 0 Å². The molecule has 0 aliphatic heterocycles. The van der Waals surface area contributed by atoms with Gasteiger partial charge in [0, 0.05) is 23.1 Å². The van der Waals surface area contributed by atoms with Crippen LogP contribution in [0.3, 0.4) is 0 Å². The van der Waals surface area contributed by atoms with Crippen LogP contribution in [0.2, 0.25) is 0 Å². The first kappa shape index (κ1) is 23.6. The lowest BCUT2D eigenvalue weighted by atomic mass is 9.99. The third-order valence-corrected chi connectivity index (χ3v) is 4.75. The summed E-state index contributed by atoms with van der Waals surface area (Å²) in [5, 5.41) is 0. The quantitative estimate of drug-likeness (QED) is 0.246. The van der Waals surface area contributed by atoms with Gasteiger partial charge in [0.25, 0.3) is 0 Å². The lowest BCUT2D eigenvalue weighted by molar-refractivity contribution is -0.130. The van der Waals surface area contributed by atoms with E-state index in [2.05, 4.69) is 13.2 Å². The molecule has 0 heterocycles. The maximum atomic E-state index is 14.8. The second-order valence-electron chi connectivity index (χ2n) is 7.60. The maximum absolute atomic E-state index is 14.8. The fourth-order valence-corrected chi connectivity index (χ4v) is 2.92. The summed E-state index contributed by atoms with van der Waals surface area (Å²) >= 11 is 0. The summed E-state index contributed by atoms with van der Waals surface area (Å²) in [7, 11) is 0. The highest BCUT2D eigenvalue weighted by molar-refractivity contribution is 5.89. The second kappa shape index (κ2) is 10.0. The molecule has 6 heteroatoms. The minimum atomic E-state index is -0.680. The topological polar surface area (TPSA) is 52.6 Å². The smallest absolute Gasteiger partial charge is 0.338 e. The minimum absolute atomic E-state index is 0.0302. The van der Waals surface area contributed by atoms with E-state index in [0.717, 1.165) is 0 Å². The van der Waals surface area contributed by atoms with Crippen molar-refractivity contribution in [1.82, 2.24) is 0 Å². The highest BCUT2D eigenvalue weighted by Gasteiger charge is 2.14. The van der Waals surface area contributed by atoms with Crippen LogP contribution >= 0.6 is 0 Å². The molecule has 0 saturated heterocycles. The van der Waals surface area contributed by atoms with E-state index in [1.54, 1.807) is 55.5 Å². The molecule has 3 rings (SSSR count). The molecule has 4 nitrogen and oxygen atoms in total. The zero-order chi connectivity index (χ0) is 24.1. The first-order valence-corrected chi connectivity index (χ1v) is 10.1. The molecule has 0 fully saturated rings. The van der Waals surface area contributed by atoms with Crippen LogP contribution in [-0.2, 0) is 16.0 Å². The summed E-state index contributed by atoms with van der Waals surface area (Å²) in [6, 6.07) is 15.2. The molecule has 168 valence electrons. The first-order chi connectivity index (χ1) is 15.6. The molecule has 0 atom stereocenters. The predicted molar refractivity (Wildman–Crippen MR) is 122 cm³/mol. The zero-order valence-corrected chi connectivity index (χ0v) is 18.3. The third-order valence-electron chi connectivity index (χ3n) is 4.75. The number of carbonyl (C=O) groups is 2. The van der Waals surface area contributed by atoms with Crippen LogP contribution in [0.25, 0.3) is 11.1 Å². The fourth-order valence-electron chi connectivity index (χ4n) is 2.92. The molecular weight excluding hydrogens is 426 g/mol. The number of rotatable bonds is 7. The summed E-state index contributed by atoms with van der Waals surface area (Å²) in [5.41, 5.74) is 2.04. The van der Waals surface area contributed by atoms with Crippen molar-refractivity contribution >= 4 is 11.9 Å². The third kappa shape index (κ3) is 6.01. The summed E-state index contributed by atoms with van der Waals surface area (Å²) in [4.78, 5) is 23.2. The summed E-state index contributed by atoms with van der Waals surface area (Å²) in [6.07, 6.45) is 0.0302. The van der Waals surface area contributed by atoms with Crippen molar-refractivity contribution in [2.45, 2.75) is 20.3 Å². The van der Waals surface area contributed by atoms with Gasteiger partial charge in [0.05, 0.1) is 0 Å². The van der Waals surface area contributed by atoms with E-state index < -0.39 is 23.6 Å². The van der Waals surface area contributed by atoms with Crippen molar-refractivity contribution in [2.75, 3.05) is 0 Å². The van der Waals surface area contributed by atoms with E-state index in [0.29, 0.717) is 28.2 Å². The molecule has 0 radical (unpaired) electrons. The SMILES string of the molecule is C=C(C)C(=O)Oc1ccc(Cc2c(F)cc(-c3ccc(OC(=O)C(=C)C)cc3)cc2F)cc1. The van der Waals surface area contributed by atoms with Gasteiger partial charge in [-0.25, -0.2) is 18.4 Å². The lowest BCUT2D eigenvalue weighted by Crippen LogP contribution is -2.08. The Morgan fingerprint density at radius 2 is 1.15 bits per heavy atom. The first-order valence-electron chi connectivity index (χ1n) is 10.1. The van der Waals surface area contributed by atoms with Crippen LogP contribution in [0.5, 0.6) is 11.5 Å². The van der Waals surface area contributed by atoms with Crippen molar-refractivity contribution < 1.29 is 27.8 Å². The molecule has 0 aliphatic carbocycles. The Morgan fingerprint density at radius 3 is 1.58 bits per heavy atom. The number of hydrogen-bond donors (Lipinski definition) is 0. The van der Waals surface area contributed by atoms with Gasteiger partial charge < -0.3 is 9.47 Å². The minimum Gasteiger partial charge on any atom is -0.423 e. The van der Waals surface area contributed by atoms with Gasteiger partial charge >= 0.3 is 11.9 Å². The van der Waals surface area contributed by atoms with Gasteiger partial charge in [0.15, 0.2) is 0 Å². The zero-order valence-electron chi connectivity index (χ0n) is 18.3. The van der Waals surface area contributed by atoms with Crippen LogP contribution in [-0.4, -0.2) is 11.9 Å². The Balaban J connectivity index is 1.75. The van der Waals surface area contributed by atoms with E-state index in [1.807, 2.05) is 0 Å². The Hall–Kier alpha value is -4.06. The lowest BCUT2D eigenvalue weighted by Gasteiger charge is -2.10. The van der Waals surface area contributed by atoms with Crippen LogP contribution < -0.4 is 9.47 Å². The van der Waals surface area contributed by atoms with Gasteiger partial charge in [0.1, 0.15) is 23.1 Å². The van der Waals surface area contributed by atoms with E-state index in [9.17, 15) is 18.4 Å². The van der Waals surface area contributed by atoms with E-state index >= 15 is 0 Å². The molecule has 0 unspecified atom stereocenters. The van der Waals surface area contributed by atoms with Crippen molar-refractivity contribution in [3.8, 4) is 22.6 Å². The molecule has 0 bridgehead atoms. The summed E-state index contributed by atoms with van der Waals surface area (Å²) < 4.78 is 39.8. The molecule has 0 N–H and O–H groups in total. The highest BCUT2D eigenvalue weighted by Crippen LogP contribution is 2.28. The molecule has 0 spiro atoms. The van der Waals surface area contributed by atoms with Crippen molar-refractivity contribution in [3.63, 3.8) is 0 Å². The van der Waals surface area contributed by atoms with Gasteiger partial charge in [-0.2, -0.15) is 0 Å². The summed E-state index contributed by atoms with van der Waals surface area (Å²) in [5.74, 6) is -1.83. The normalized spacial score (nSPS) is 10.4. The Bertz CT molecular complexity index is 1200. The molecule has 3 aromatic carbocycles. The monoisotopic (exact) mass is 448 g/mol. The average molecular weight is 448 g/mol.